The molecule has 1 aromatic carbocycles. The highest BCUT2D eigenvalue weighted by Gasteiger charge is 2.25. The molecule has 3 aromatic rings. The zero-order valence-corrected chi connectivity index (χ0v) is 14.7. The molecule has 0 atom stereocenters. The number of thioether (sulfide) groups is 1. The first-order chi connectivity index (χ1) is 12.3. The molecule has 25 heavy (non-hydrogen) atoms. The lowest BCUT2D eigenvalue weighted by atomic mass is 9.95. The number of hydrogen-bond donors (Lipinski definition) is 0. The Hall–Kier alpha value is -2.08. The van der Waals surface area contributed by atoms with Gasteiger partial charge in [0.1, 0.15) is 5.82 Å². The molecule has 0 saturated heterocycles. The number of benzene rings is 1. The molecule has 1 saturated carbocycles. The summed E-state index contributed by atoms with van der Waals surface area (Å²) in [5.41, 5.74) is 0.685. The molecule has 6 heteroatoms. The van der Waals surface area contributed by atoms with Crippen LogP contribution < -0.4 is 0 Å². The first-order valence-electron chi connectivity index (χ1n) is 8.68. The normalized spacial score (nSPS) is 15.6. The Balaban J connectivity index is 1.64. The topological polar surface area (TPSA) is 43.9 Å². The third-order valence-electron chi connectivity index (χ3n) is 4.66. The van der Waals surface area contributed by atoms with Gasteiger partial charge in [-0.2, -0.15) is 0 Å². The van der Waals surface area contributed by atoms with E-state index in [1.165, 1.54) is 37.1 Å². The minimum absolute atomic E-state index is 0.176. The zero-order chi connectivity index (χ0) is 17.1. The van der Waals surface area contributed by atoms with Gasteiger partial charge in [0.05, 0.1) is 6.26 Å². The van der Waals surface area contributed by atoms with Crippen LogP contribution in [0, 0.1) is 5.82 Å². The molecule has 0 bridgehead atoms. The van der Waals surface area contributed by atoms with Crippen molar-refractivity contribution < 1.29 is 8.81 Å². The predicted octanol–water partition coefficient (Wildman–Crippen LogP) is 5.47. The highest BCUT2D eigenvalue weighted by atomic mass is 32.2. The summed E-state index contributed by atoms with van der Waals surface area (Å²) in [5, 5.41) is 9.59. The van der Waals surface area contributed by atoms with Gasteiger partial charge in [-0.3, -0.25) is 4.57 Å². The van der Waals surface area contributed by atoms with E-state index in [1.54, 1.807) is 12.3 Å². The van der Waals surface area contributed by atoms with Crippen molar-refractivity contribution in [2.24, 2.45) is 0 Å². The fraction of sp³-hybridized carbons (Fsp3) is 0.368. The van der Waals surface area contributed by atoms with Crippen molar-refractivity contribution in [2.45, 2.75) is 49.1 Å². The molecule has 2 heterocycles. The summed E-state index contributed by atoms with van der Waals surface area (Å²) in [5.74, 6) is 1.86. The second-order valence-electron chi connectivity index (χ2n) is 6.33. The number of aromatic nitrogens is 3. The standard InChI is InChI=1S/C19H20FN3OS/c20-16-10-5-4-7-14(16)13-25-19-22-21-18(17-11-6-12-24-17)23(19)15-8-2-1-3-9-15/h4-7,10-12,15H,1-3,8-9,13H2. The predicted molar refractivity (Wildman–Crippen MR) is 95.8 cm³/mol. The van der Waals surface area contributed by atoms with Gasteiger partial charge in [0, 0.05) is 11.8 Å². The van der Waals surface area contributed by atoms with E-state index in [4.69, 9.17) is 4.42 Å². The summed E-state index contributed by atoms with van der Waals surface area (Å²) in [7, 11) is 0. The Morgan fingerprint density at radius 2 is 1.92 bits per heavy atom. The van der Waals surface area contributed by atoms with Crippen LogP contribution in [0.3, 0.4) is 0 Å². The summed E-state index contributed by atoms with van der Waals surface area (Å²) < 4.78 is 21.7. The molecule has 0 N–H and O–H groups in total. The minimum Gasteiger partial charge on any atom is -0.461 e. The largest absolute Gasteiger partial charge is 0.461 e. The number of halogens is 1. The van der Waals surface area contributed by atoms with Crippen molar-refractivity contribution in [3.63, 3.8) is 0 Å². The van der Waals surface area contributed by atoms with E-state index in [1.807, 2.05) is 24.3 Å². The number of hydrogen-bond acceptors (Lipinski definition) is 4. The first kappa shape index (κ1) is 16.4. The molecule has 1 aliphatic rings. The SMILES string of the molecule is Fc1ccccc1CSc1nnc(-c2ccco2)n1C1CCCCC1. The molecule has 4 rings (SSSR count). The van der Waals surface area contributed by atoms with Gasteiger partial charge in [0.25, 0.3) is 0 Å². The van der Waals surface area contributed by atoms with Crippen molar-refractivity contribution in [3.8, 4) is 11.6 Å². The van der Waals surface area contributed by atoms with Crippen LogP contribution in [-0.2, 0) is 5.75 Å². The monoisotopic (exact) mass is 357 g/mol. The Morgan fingerprint density at radius 1 is 1.08 bits per heavy atom. The Kier molecular flexibility index (Phi) is 4.88. The highest BCUT2D eigenvalue weighted by molar-refractivity contribution is 7.98. The van der Waals surface area contributed by atoms with E-state index in [0.29, 0.717) is 17.4 Å². The zero-order valence-electron chi connectivity index (χ0n) is 13.9. The van der Waals surface area contributed by atoms with Gasteiger partial charge in [-0.1, -0.05) is 49.2 Å². The van der Waals surface area contributed by atoms with Gasteiger partial charge in [-0.15, -0.1) is 10.2 Å². The fourth-order valence-corrected chi connectivity index (χ4v) is 4.37. The van der Waals surface area contributed by atoms with Crippen molar-refractivity contribution in [2.75, 3.05) is 0 Å². The quantitative estimate of drug-likeness (QED) is 0.568. The van der Waals surface area contributed by atoms with Gasteiger partial charge in [-0.05, 0) is 36.6 Å². The van der Waals surface area contributed by atoms with Crippen molar-refractivity contribution in [1.82, 2.24) is 14.8 Å². The van der Waals surface area contributed by atoms with Gasteiger partial charge < -0.3 is 4.42 Å². The van der Waals surface area contributed by atoms with Crippen LogP contribution in [0.15, 0.2) is 52.2 Å². The lowest BCUT2D eigenvalue weighted by Gasteiger charge is -2.25. The highest BCUT2D eigenvalue weighted by Crippen LogP contribution is 2.36. The molecule has 0 amide bonds. The van der Waals surface area contributed by atoms with Crippen LogP contribution in [0.25, 0.3) is 11.6 Å². The van der Waals surface area contributed by atoms with Crippen molar-refractivity contribution in [3.05, 3.63) is 54.0 Å². The lowest BCUT2D eigenvalue weighted by molar-refractivity contribution is 0.337. The number of nitrogens with zero attached hydrogens (tertiary/aromatic N) is 3. The molecular formula is C19H20FN3OS. The molecule has 4 nitrogen and oxygen atoms in total. The maximum absolute atomic E-state index is 13.9. The Bertz CT molecular complexity index is 825. The molecule has 0 aliphatic heterocycles. The summed E-state index contributed by atoms with van der Waals surface area (Å²) in [6.07, 6.45) is 7.63. The second-order valence-corrected chi connectivity index (χ2v) is 7.27. The second kappa shape index (κ2) is 7.44. The summed E-state index contributed by atoms with van der Waals surface area (Å²) in [6.45, 7) is 0. The van der Waals surface area contributed by atoms with Crippen LogP contribution in [0.1, 0.15) is 43.7 Å². The molecule has 0 radical (unpaired) electrons. The van der Waals surface area contributed by atoms with Crippen molar-refractivity contribution in [1.29, 1.82) is 0 Å². The first-order valence-corrected chi connectivity index (χ1v) is 9.66. The average molecular weight is 357 g/mol. The van der Waals surface area contributed by atoms with E-state index in [0.717, 1.165) is 29.6 Å². The van der Waals surface area contributed by atoms with E-state index >= 15 is 0 Å². The van der Waals surface area contributed by atoms with Gasteiger partial charge in [-0.25, -0.2) is 4.39 Å². The maximum atomic E-state index is 13.9. The number of rotatable bonds is 5. The van der Waals surface area contributed by atoms with Gasteiger partial charge in [0.2, 0.25) is 5.82 Å². The third kappa shape index (κ3) is 3.49. The molecular weight excluding hydrogens is 337 g/mol. The van der Waals surface area contributed by atoms with Crippen LogP contribution >= 0.6 is 11.8 Å². The van der Waals surface area contributed by atoms with Gasteiger partial charge >= 0.3 is 0 Å². The smallest absolute Gasteiger partial charge is 0.200 e. The third-order valence-corrected chi connectivity index (χ3v) is 5.65. The van der Waals surface area contributed by atoms with Crippen LogP contribution in [0.5, 0.6) is 0 Å². The lowest BCUT2D eigenvalue weighted by Crippen LogP contribution is -2.15. The van der Waals surface area contributed by atoms with Crippen LogP contribution in [0.2, 0.25) is 0 Å². The minimum atomic E-state index is -0.176. The molecule has 1 fully saturated rings. The Labute approximate surface area is 150 Å². The molecule has 0 spiro atoms. The molecule has 1 aliphatic carbocycles. The van der Waals surface area contributed by atoms with Gasteiger partial charge in [0.15, 0.2) is 10.9 Å². The van der Waals surface area contributed by atoms with Crippen LogP contribution in [-0.4, -0.2) is 14.8 Å². The summed E-state index contributed by atoms with van der Waals surface area (Å²) in [6, 6.07) is 11.0. The van der Waals surface area contributed by atoms with E-state index < -0.39 is 0 Å². The van der Waals surface area contributed by atoms with Crippen molar-refractivity contribution >= 4 is 11.8 Å². The molecule has 130 valence electrons. The van der Waals surface area contributed by atoms with Crippen LogP contribution in [0.4, 0.5) is 4.39 Å². The van der Waals surface area contributed by atoms with E-state index in [9.17, 15) is 4.39 Å². The average Bonchev–Trinajstić information content (AvgIpc) is 3.31. The summed E-state index contributed by atoms with van der Waals surface area (Å²) in [4.78, 5) is 0. The maximum Gasteiger partial charge on any atom is 0.200 e. The number of furan rings is 1. The molecule has 0 unspecified atom stereocenters. The van der Waals surface area contributed by atoms with E-state index in [2.05, 4.69) is 14.8 Å². The van der Waals surface area contributed by atoms with E-state index in [-0.39, 0.29) is 5.82 Å². The Morgan fingerprint density at radius 3 is 2.68 bits per heavy atom. The fourth-order valence-electron chi connectivity index (χ4n) is 3.38. The summed E-state index contributed by atoms with van der Waals surface area (Å²) >= 11 is 1.53. The molecule has 2 aromatic heterocycles.